The van der Waals surface area contributed by atoms with E-state index in [4.69, 9.17) is 4.55 Å². The van der Waals surface area contributed by atoms with Crippen LogP contribution in [0.25, 0.3) is 0 Å². The second-order valence-corrected chi connectivity index (χ2v) is 6.59. The van der Waals surface area contributed by atoms with Crippen LogP contribution in [0.2, 0.25) is 0 Å². The van der Waals surface area contributed by atoms with Gasteiger partial charge >= 0.3 is 21.3 Å². The maximum Gasteiger partial charge on any atom is 0.465 e. The number of ether oxygens (including phenoxy) is 1. The molecule has 1 rings (SSSR count). The average Bonchev–Trinajstić information content (AvgIpc) is 2.38. The van der Waals surface area contributed by atoms with Crippen molar-refractivity contribution in [2.75, 3.05) is 6.61 Å². The SMILES string of the molecule is O=C(OCCCCC1CCCCC1)C(F)(F)S(=O)(=O)O. The third kappa shape index (κ3) is 4.97. The summed E-state index contributed by atoms with van der Waals surface area (Å²) < 4.78 is 58.6. The molecule has 1 fully saturated rings. The average molecular weight is 314 g/mol. The highest BCUT2D eigenvalue weighted by molar-refractivity contribution is 7.87. The summed E-state index contributed by atoms with van der Waals surface area (Å²) in [7, 11) is -5.77. The van der Waals surface area contributed by atoms with Gasteiger partial charge in [0, 0.05) is 0 Å². The smallest absolute Gasteiger partial charge is 0.460 e. The van der Waals surface area contributed by atoms with Crippen molar-refractivity contribution in [3.05, 3.63) is 0 Å². The number of esters is 1. The summed E-state index contributed by atoms with van der Waals surface area (Å²) in [6.45, 7) is -0.267. The maximum absolute atomic E-state index is 12.8. The molecule has 0 unspecified atom stereocenters. The van der Waals surface area contributed by atoms with Crippen molar-refractivity contribution in [2.24, 2.45) is 5.92 Å². The summed E-state index contributed by atoms with van der Waals surface area (Å²) in [5, 5.41) is -4.89. The monoisotopic (exact) mass is 314 g/mol. The van der Waals surface area contributed by atoms with Crippen molar-refractivity contribution >= 4 is 16.1 Å². The standard InChI is InChI=1S/C12H20F2O5S/c13-12(14,20(16,17)18)11(15)19-9-5-4-8-10-6-2-1-3-7-10/h10H,1-9H2,(H,16,17,18). The van der Waals surface area contributed by atoms with E-state index in [1.54, 1.807) is 0 Å². The molecule has 0 spiro atoms. The number of alkyl halides is 2. The van der Waals surface area contributed by atoms with Crippen LogP contribution in [0.3, 0.4) is 0 Å². The van der Waals surface area contributed by atoms with E-state index in [-0.39, 0.29) is 6.61 Å². The van der Waals surface area contributed by atoms with E-state index in [9.17, 15) is 22.0 Å². The lowest BCUT2D eigenvalue weighted by Crippen LogP contribution is -2.39. The van der Waals surface area contributed by atoms with Gasteiger partial charge in [-0.05, 0) is 18.8 Å². The highest BCUT2D eigenvalue weighted by atomic mass is 32.2. The normalized spacial score (nSPS) is 17.9. The Balaban J connectivity index is 2.19. The minimum atomic E-state index is -5.77. The van der Waals surface area contributed by atoms with Crippen molar-refractivity contribution in [2.45, 2.75) is 56.6 Å². The zero-order chi connectivity index (χ0) is 15.2. The first-order valence-electron chi connectivity index (χ1n) is 6.77. The maximum atomic E-state index is 12.8. The van der Waals surface area contributed by atoms with Crippen LogP contribution in [-0.2, 0) is 19.6 Å². The largest absolute Gasteiger partial charge is 0.465 e. The topological polar surface area (TPSA) is 80.7 Å². The molecule has 0 aliphatic heterocycles. The van der Waals surface area contributed by atoms with Crippen LogP contribution >= 0.6 is 0 Å². The molecule has 0 aromatic rings. The Labute approximate surface area is 117 Å². The van der Waals surface area contributed by atoms with E-state index in [0.29, 0.717) is 12.3 Å². The number of carbonyl (C=O) groups is 1. The Hall–Kier alpha value is -0.760. The van der Waals surface area contributed by atoms with Gasteiger partial charge in [0.05, 0.1) is 6.61 Å². The zero-order valence-corrected chi connectivity index (χ0v) is 12.0. The van der Waals surface area contributed by atoms with Crippen LogP contribution in [-0.4, -0.2) is 30.8 Å². The predicted octanol–water partition coefficient (Wildman–Crippen LogP) is 2.76. The second-order valence-electron chi connectivity index (χ2n) is 5.13. The van der Waals surface area contributed by atoms with Crippen LogP contribution in [0.15, 0.2) is 0 Å². The number of rotatable bonds is 7. The third-order valence-electron chi connectivity index (χ3n) is 3.53. The minimum absolute atomic E-state index is 0.267. The molecule has 8 heteroatoms. The fraction of sp³-hybridized carbons (Fsp3) is 0.917. The minimum Gasteiger partial charge on any atom is -0.460 e. The van der Waals surface area contributed by atoms with Gasteiger partial charge in [-0.3, -0.25) is 4.55 Å². The van der Waals surface area contributed by atoms with E-state index in [1.165, 1.54) is 32.1 Å². The molecule has 20 heavy (non-hydrogen) atoms. The first-order valence-corrected chi connectivity index (χ1v) is 8.21. The number of unbranched alkanes of at least 4 members (excludes halogenated alkanes) is 1. The molecule has 0 aromatic carbocycles. The Morgan fingerprint density at radius 1 is 1.20 bits per heavy atom. The molecule has 0 atom stereocenters. The van der Waals surface area contributed by atoms with Crippen molar-refractivity contribution in [1.82, 2.24) is 0 Å². The van der Waals surface area contributed by atoms with Gasteiger partial charge in [0.15, 0.2) is 0 Å². The Morgan fingerprint density at radius 2 is 1.80 bits per heavy atom. The summed E-state index contributed by atoms with van der Waals surface area (Å²) in [4.78, 5) is 10.9. The van der Waals surface area contributed by atoms with Crippen molar-refractivity contribution in [1.29, 1.82) is 0 Å². The molecule has 0 radical (unpaired) electrons. The summed E-state index contributed by atoms with van der Waals surface area (Å²) in [5.41, 5.74) is 0. The summed E-state index contributed by atoms with van der Waals surface area (Å²) in [6.07, 6.45) is 8.19. The molecule has 0 bridgehead atoms. The molecule has 0 amide bonds. The number of halogens is 2. The fourth-order valence-corrected chi connectivity index (χ4v) is 2.63. The van der Waals surface area contributed by atoms with Crippen LogP contribution in [0.5, 0.6) is 0 Å². The Kier molecular flexibility index (Phi) is 6.32. The third-order valence-corrected chi connectivity index (χ3v) is 4.34. The molecule has 1 saturated carbocycles. The molecule has 1 N–H and O–H groups in total. The molecule has 1 aliphatic carbocycles. The quantitative estimate of drug-likeness (QED) is 0.444. The van der Waals surface area contributed by atoms with E-state index < -0.39 is 21.3 Å². The lowest BCUT2D eigenvalue weighted by Gasteiger charge is -2.21. The highest BCUT2D eigenvalue weighted by Gasteiger charge is 2.54. The van der Waals surface area contributed by atoms with E-state index in [1.807, 2.05) is 0 Å². The summed E-state index contributed by atoms with van der Waals surface area (Å²) >= 11 is 0. The van der Waals surface area contributed by atoms with Crippen LogP contribution in [0, 0.1) is 5.92 Å². The lowest BCUT2D eigenvalue weighted by atomic mass is 9.86. The number of hydrogen-bond acceptors (Lipinski definition) is 4. The van der Waals surface area contributed by atoms with Crippen LogP contribution in [0.1, 0.15) is 51.4 Å². The molecule has 0 heterocycles. The van der Waals surface area contributed by atoms with Crippen molar-refractivity contribution < 1.29 is 31.3 Å². The second kappa shape index (κ2) is 7.31. The fourth-order valence-electron chi connectivity index (χ4n) is 2.37. The van der Waals surface area contributed by atoms with Crippen molar-refractivity contribution in [3.63, 3.8) is 0 Å². The summed E-state index contributed by atoms with van der Waals surface area (Å²) in [5.74, 6) is -1.57. The van der Waals surface area contributed by atoms with E-state index >= 15 is 0 Å². The molecule has 5 nitrogen and oxygen atoms in total. The van der Waals surface area contributed by atoms with E-state index in [0.717, 1.165) is 12.8 Å². The predicted molar refractivity (Wildman–Crippen MR) is 67.9 cm³/mol. The van der Waals surface area contributed by atoms with Crippen LogP contribution < -0.4 is 0 Å². The van der Waals surface area contributed by atoms with Gasteiger partial charge in [0.2, 0.25) is 0 Å². The van der Waals surface area contributed by atoms with Crippen molar-refractivity contribution in [3.8, 4) is 0 Å². The molecular formula is C12H20F2O5S. The highest BCUT2D eigenvalue weighted by Crippen LogP contribution is 2.28. The lowest BCUT2D eigenvalue weighted by molar-refractivity contribution is -0.161. The van der Waals surface area contributed by atoms with Gasteiger partial charge in [0.25, 0.3) is 0 Å². The molecule has 0 aromatic heterocycles. The van der Waals surface area contributed by atoms with Gasteiger partial charge in [-0.25, -0.2) is 4.79 Å². The Morgan fingerprint density at radius 3 is 2.35 bits per heavy atom. The van der Waals surface area contributed by atoms with Gasteiger partial charge in [0.1, 0.15) is 0 Å². The van der Waals surface area contributed by atoms with Gasteiger partial charge in [-0.15, -0.1) is 0 Å². The van der Waals surface area contributed by atoms with E-state index in [2.05, 4.69) is 4.74 Å². The molecule has 118 valence electrons. The first kappa shape index (κ1) is 17.3. The van der Waals surface area contributed by atoms with Gasteiger partial charge < -0.3 is 4.74 Å². The molecule has 0 saturated heterocycles. The molecule has 1 aliphatic rings. The summed E-state index contributed by atoms with van der Waals surface area (Å²) in [6, 6.07) is 0. The Bertz CT molecular complexity index is 416. The number of carbonyl (C=O) groups excluding carboxylic acids is 1. The number of hydrogen-bond donors (Lipinski definition) is 1. The molecular weight excluding hydrogens is 294 g/mol. The van der Waals surface area contributed by atoms with Crippen LogP contribution in [0.4, 0.5) is 8.78 Å². The van der Waals surface area contributed by atoms with Gasteiger partial charge in [-0.1, -0.05) is 38.5 Å². The zero-order valence-electron chi connectivity index (χ0n) is 11.2. The first-order chi connectivity index (χ1) is 9.25. The van der Waals surface area contributed by atoms with Gasteiger partial charge in [-0.2, -0.15) is 17.2 Å².